The lowest BCUT2D eigenvalue weighted by molar-refractivity contribution is 0.227. The van der Waals surface area contributed by atoms with Crippen molar-refractivity contribution in [3.8, 4) is 0 Å². The molecule has 0 amide bonds. The highest BCUT2D eigenvalue weighted by Crippen LogP contribution is 2.10. The summed E-state index contributed by atoms with van der Waals surface area (Å²) in [6.45, 7) is 6.22. The Labute approximate surface area is 85.3 Å². The van der Waals surface area contributed by atoms with Crippen molar-refractivity contribution in [1.82, 2.24) is 4.90 Å². The summed E-state index contributed by atoms with van der Waals surface area (Å²) >= 11 is 0. The highest BCUT2D eigenvalue weighted by Gasteiger charge is 2.06. The normalized spacial score (nSPS) is 11.6. The van der Waals surface area contributed by atoms with Gasteiger partial charge in [-0.25, -0.2) is 0 Å². The van der Waals surface area contributed by atoms with E-state index in [1.54, 1.807) is 0 Å². The van der Waals surface area contributed by atoms with Crippen molar-refractivity contribution in [2.24, 2.45) is 5.92 Å². The molecule has 1 heterocycles. The molecule has 1 aromatic heterocycles. The quantitative estimate of drug-likeness (QED) is 0.782. The summed E-state index contributed by atoms with van der Waals surface area (Å²) in [5.74, 6) is 2.21. The van der Waals surface area contributed by atoms with Gasteiger partial charge in [-0.3, -0.25) is 4.90 Å². The number of furan rings is 1. The van der Waals surface area contributed by atoms with Gasteiger partial charge in [-0.15, -0.1) is 0 Å². The first-order chi connectivity index (χ1) is 6.61. The van der Waals surface area contributed by atoms with E-state index in [0.717, 1.165) is 18.8 Å². The lowest BCUT2D eigenvalue weighted by Crippen LogP contribution is -2.22. The van der Waals surface area contributed by atoms with E-state index in [9.17, 15) is 0 Å². The Morgan fingerprint density at radius 3 is 2.50 bits per heavy atom. The second-order valence-electron chi connectivity index (χ2n) is 4.12. The summed E-state index contributed by atoms with van der Waals surface area (Å²) in [5.41, 5.74) is 0. The Morgan fingerprint density at radius 1 is 1.36 bits per heavy atom. The summed E-state index contributed by atoms with van der Waals surface area (Å²) < 4.78 is 5.39. The lowest BCUT2D eigenvalue weighted by Gasteiger charge is -2.17. The Kier molecular flexibility index (Phi) is 4.17. The molecule has 0 aliphatic carbocycles. The molecule has 3 nitrogen and oxygen atoms in total. The minimum Gasteiger partial charge on any atom is -0.462 e. The van der Waals surface area contributed by atoms with Crippen LogP contribution in [0.15, 0.2) is 16.5 Å². The van der Waals surface area contributed by atoms with Crippen molar-refractivity contribution >= 4 is 0 Å². The molecule has 0 aliphatic heterocycles. The Bertz CT molecular complexity index is 268. The molecule has 1 aromatic rings. The molecular formula is C11H19NO2. The van der Waals surface area contributed by atoms with Crippen LogP contribution in [0, 0.1) is 5.92 Å². The zero-order valence-electron chi connectivity index (χ0n) is 9.16. The summed E-state index contributed by atoms with van der Waals surface area (Å²) in [6.07, 6.45) is 0. The average Bonchev–Trinajstić information content (AvgIpc) is 2.50. The van der Waals surface area contributed by atoms with Gasteiger partial charge in [-0.2, -0.15) is 0 Å². The minimum atomic E-state index is -0.0199. The first-order valence-corrected chi connectivity index (χ1v) is 4.98. The molecule has 0 radical (unpaired) electrons. The number of hydrogen-bond acceptors (Lipinski definition) is 3. The smallest absolute Gasteiger partial charge is 0.129 e. The van der Waals surface area contributed by atoms with Gasteiger partial charge in [-0.1, -0.05) is 13.8 Å². The molecule has 0 fully saturated rings. The second kappa shape index (κ2) is 5.17. The van der Waals surface area contributed by atoms with Crippen LogP contribution in [0.25, 0.3) is 0 Å². The Morgan fingerprint density at radius 2 is 2.00 bits per heavy atom. The van der Waals surface area contributed by atoms with Crippen LogP contribution in [0.2, 0.25) is 0 Å². The van der Waals surface area contributed by atoms with E-state index in [4.69, 9.17) is 9.52 Å². The SMILES string of the molecule is CC(C)CN(C)Cc1ccc(CO)o1. The summed E-state index contributed by atoms with van der Waals surface area (Å²) in [7, 11) is 2.07. The molecule has 0 bridgehead atoms. The molecule has 0 atom stereocenters. The third kappa shape index (κ3) is 3.52. The maximum absolute atomic E-state index is 8.82. The van der Waals surface area contributed by atoms with Gasteiger partial charge in [0.05, 0.1) is 6.54 Å². The van der Waals surface area contributed by atoms with E-state index in [-0.39, 0.29) is 6.61 Å². The number of aliphatic hydroxyl groups excluding tert-OH is 1. The van der Waals surface area contributed by atoms with Crippen LogP contribution in [0.3, 0.4) is 0 Å². The van der Waals surface area contributed by atoms with Crippen LogP contribution >= 0.6 is 0 Å². The number of hydrogen-bond donors (Lipinski definition) is 1. The van der Waals surface area contributed by atoms with Crippen molar-refractivity contribution < 1.29 is 9.52 Å². The van der Waals surface area contributed by atoms with E-state index < -0.39 is 0 Å². The third-order valence-corrected chi connectivity index (χ3v) is 1.98. The maximum atomic E-state index is 8.82. The van der Waals surface area contributed by atoms with Crippen molar-refractivity contribution in [2.45, 2.75) is 27.0 Å². The number of nitrogens with zero attached hydrogens (tertiary/aromatic N) is 1. The van der Waals surface area contributed by atoms with E-state index in [0.29, 0.717) is 11.7 Å². The van der Waals surface area contributed by atoms with Gasteiger partial charge in [0, 0.05) is 6.54 Å². The van der Waals surface area contributed by atoms with Crippen molar-refractivity contribution in [3.63, 3.8) is 0 Å². The van der Waals surface area contributed by atoms with Gasteiger partial charge >= 0.3 is 0 Å². The van der Waals surface area contributed by atoms with Crippen LogP contribution in [0.4, 0.5) is 0 Å². The molecule has 0 saturated heterocycles. The largest absolute Gasteiger partial charge is 0.462 e. The van der Waals surface area contributed by atoms with Crippen molar-refractivity contribution in [2.75, 3.05) is 13.6 Å². The first-order valence-electron chi connectivity index (χ1n) is 4.98. The monoisotopic (exact) mass is 197 g/mol. The molecule has 0 unspecified atom stereocenters. The summed E-state index contributed by atoms with van der Waals surface area (Å²) in [5, 5.41) is 8.82. The third-order valence-electron chi connectivity index (χ3n) is 1.98. The van der Waals surface area contributed by atoms with Gasteiger partial charge in [0.1, 0.15) is 18.1 Å². The van der Waals surface area contributed by atoms with E-state index in [2.05, 4.69) is 25.8 Å². The Balaban J connectivity index is 2.43. The molecule has 80 valence electrons. The topological polar surface area (TPSA) is 36.6 Å². The first kappa shape index (κ1) is 11.3. The van der Waals surface area contributed by atoms with Gasteiger partial charge in [0.25, 0.3) is 0 Å². The molecule has 0 aromatic carbocycles. The molecule has 1 rings (SSSR count). The van der Waals surface area contributed by atoms with E-state index in [1.807, 2.05) is 12.1 Å². The van der Waals surface area contributed by atoms with Crippen LogP contribution in [0.5, 0.6) is 0 Å². The summed E-state index contributed by atoms with van der Waals surface area (Å²) in [6, 6.07) is 3.74. The second-order valence-corrected chi connectivity index (χ2v) is 4.12. The van der Waals surface area contributed by atoms with Crippen molar-refractivity contribution in [3.05, 3.63) is 23.7 Å². The molecule has 1 N–H and O–H groups in total. The highest BCUT2D eigenvalue weighted by atomic mass is 16.4. The predicted molar refractivity (Wildman–Crippen MR) is 55.8 cm³/mol. The van der Waals surface area contributed by atoms with Gasteiger partial charge in [-0.05, 0) is 25.1 Å². The predicted octanol–water partition coefficient (Wildman–Crippen LogP) is 1.86. The molecule has 0 spiro atoms. The van der Waals surface area contributed by atoms with Crippen LogP contribution in [0.1, 0.15) is 25.4 Å². The molecule has 14 heavy (non-hydrogen) atoms. The van der Waals surface area contributed by atoms with Crippen LogP contribution < -0.4 is 0 Å². The van der Waals surface area contributed by atoms with Crippen LogP contribution in [-0.2, 0) is 13.2 Å². The highest BCUT2D eigenvalue weighted by molar-refractivity contribution is 5.06. The zero-order valence-corrected chi connectivity index (χ0v) is 9.16. The molecule has 3 heteroatoms. The van der Waals surface area contributed by atoms with Crippen LogP contribution in [-0.4, -0.2) is 23.6 Å². The van der Waals surface area contributed by atoms with Gasteiger partial charge in [0.15, 0.2) is 0 Å². The number of rotatable bonds is 5. The van der Waals surface area contributed by atoms with Crippen molar-refractivity contribution in [1.29, 1.82) is 0 Å². The minimum absolute atomic E-state index is 0.0199. The molecular weight excluding hydrogens is 178 g/mol. The average molecular weight is 197 g/mol. The fourth-order valence-corrected chi connectivity index (χ4v) is 1.55. The zero-order chi connectivity index (χ0) is 10.6. The number of aliphatic hydroxyl groups is 1. The van der Waals surface area contributed by atoms with Gasteiger partial charge in [0.2, 0.25) is 0 Å². The maximum Gasteiger partial charge on any atom is 0.129 e. The summed E-state index contributed by atoms with van der Waals surface area (Å²) in [4.78, 5) is 2.21. The standard InChI is InChI=1S/C11H19NO2/c1-9(2)6-12(3)7-10-4-5-11(8-13)14-10/h4-5,9,13H,6-8H2,1-3H3. The van der Waals surface area contributed by atoms with Gasteiger partial charge < -0.3 is 9.52 Å². The molecule has 0 saturated carbocycles. The fourth-order valence-electron chi connectivity index (χ4n) is 1.55. The Hall–Kier alpha value is -0.800. The fraction of sp³-hybridized carbons (Fsp3) is 0.636. The lowest BCUT2D eigenvalue weighted by atomic mass is 10.2. The van der Waals surface area contributed by atoms with E-state index >= 15 is 0 Å². The van der Waals surface area contributed by atoms with E-state index in [1.165, 1.54) is 0 Å². The molecule has 0 aliphatic rings.